The van der Waals surface area contributed by atoms with Crippen molar-refractivity contribution in [1.29, 1.82) is 0 Å². The van der Waals surface area contributed by atoms with Crippen LogP contribution < -0.4 is 21.0 Å². The summed E-state index contributed by atoms with van der Waals surface area (Å²) in [5.74, 6) is 0. The van der Waals surface area contributed by atoms with E-state index in [0.717, 1.165) is 5.69 Å². The first-order chi connectivity index (χ1) is 14.9. The monoisotopic (exact) mass is 404 g/mol. The van der Waals surface area contributed by atoms with Crippen LogP contribution in [0.3, 0.4) is 0 Å². The smallest absolute Gasteiger partial charge is 0.199 e. The van der Waals surface area contributed by atoms with Crippen LogP contribution in [0.5, 0.6) is 0 Å². The average Bonchev–Trinajstić information content (AvgIpc) is 2.84. The lowest BCUT2D eigenvalue weighted by atomic mass is 10.1. The Kier molecular flexibility index (Phi) is 5.05. The molecule has 0 heterocycles. The van der Waals surface area contributed by atoms with Gasteiger partial charge in [-0.2, -0.15) is 0 Å². The Hall–Kier alpha value is -3.41. The van der Waals surface area contributed by atoms with Gasteiger partial charge in [0.2, 0.25) is 0 Å². The van der Waals surface area contributed by atoms with Crippen LogP contribution in [-0.4, -0.2) is 0 Å². The summed E-state index contributed by atoms with van der Waals surface area (Å²) in [6.45, 7) is 0. The predicted octanol–water partition coefficient (Wildman–Crippen LogP) is 6.16. The summed E-state index contributed by atoms with van der Waals surface area (Å²) in [5.41, 5.74) is 1.16. The Balaban J connectivity index is 1.82. The number of anilines is 1. The maximum atomic E-state index is 4.10. The molecule has 0 aliphatic rings. The van der Waals surface area contributed by atoms with Crippen molar-refractivity contribution < 1.29 is 0 Å². The number of rotatable bonds is 5. The summed E-state index contributed by atoms with van der Waals surface area (Å²) in [5, 5.41) is 10.5. The van der Waals surface area contributed by atoms with Crippen LogP contribution in [0.1, 0.15) is 0 Å². The van der Waals surface area contributed by atoms with Crippen molar-refractivity contribution in [3.8, 4) is 0 Å². The first kappa shape index (κ1) is 18.6. The van der Waals surface area contributed by atoms with Crippen molar-refractivity contribution in [3.63, 3.8) is 0 Å². The third kappa shape index (κ3) is 3.28. The molecule has 2 heteroatoms. The molecule has 0 radical (unpaired) electrons. The zero-order valence-corrected chi connectivity index (χ0v) is 17.5. The van der Waals surface area contributed by atoms with Gasteiger partial charge in [-0.15, -0.1) is 0 Å². The van der Waals surface area contributed by atoms with E-state index in [-0.39, 0.29) is 0 Å². The molecular weight excluding hydrogens is 381 g/mol. The van der Waals surface area contributed by atoms with E-state index < -0.39 is 7.41 Å². The fourth-order valence-corrected chi connectivity index (χ4v) is 7.80. The molecule has 0 bridgehead atoms. The highest BCUT2D eigenvalue weighted by molar-refractivity contribution is 7.96. The first-order valence-electron chi connectivity index (χ1n) is 10.2. The maximum absolute atomic E-state index is 4.10. The minimum Gasteiger partial charge on any atom is -0.246 e. The Labute approximate surface area is 178 Å². The second-order valence-corrected chi connectivity index (χ2v) is 10.4. The Morgan fingerprint density at radius 1 is 0.400 bits per heavy atom. The van der Waals surface area contributed by atoms with Gasteiger partial charge in [0, 0.05) is 5.39 Å². The van der Waals surface area contributed by atoms with Crippen molar-refractivity contribution in [3.05, 3.63) is 133 Å². The fourth-order valence-electron chi connectivity index (χ4n) is 4.10. The van der Waals surface area contributed by atoms with Gasteiger partial charge >= 0.3 is 0 Å². The van der Waals surface area contributed by atoms with Crippen molar-refractivity contribution in [2.75, 3.05) is 5.09 Å². The minimum atomic E-state index is -2.13. The SMILES string of the molecule is c1ccc([P+](Nc2cccc3ccccc23)(c2ccccc2)c2ccccc2)cc1. The van der Waals surface area contributed by atoms with Crippen LogP contribution in [0.4, 0.5) is 5.69 Å². The van der Waals surface area contributed by atoms with Crippen LogP contribution in [0.25, 0.3) is 10.8 Å². The molecule has 0 spiro atoms. The number of hydrogen-bond acceptors (Lipinski definition) is 1. The maximum Gasteiger partial charge on any atom is 0.199 e. The normalized spacial score (nSPS) is 11.3. The Bertz CT molecular complexity index is 1150. The molecule has 0 amide bonds. The molecule has 0 saturated carbocycles. The molecule has 1 N–H and O–H groups in total. The quantitative estimate of drug-likeness (QED) is 0.346. The second-order valence-electron chi connectivity index (χ2n) is 7.32. The van der Waals surface area contributed by atoms with Crippen molar-refractivity contribution in [2.24, 2.45) is 0 Å². The van der Waals surface area contributed by atoms with Gasteiger partial charge in [-0.1, -0.05) is 91.0 Å². The minimum absolute atomic E-state index is 1.16. The van der Waals surface area contributed by atoms with E-state index in [1.54, 1.807) is 0 Å². The summed E-state index contributed by atoms with van der Waals surface area (Å²) < 4.78 is 0. The van der Waals surface area contributed by atoms with E-state index in [1.807, 2.05) is 0 Å². The van der Waals surface area contributed by atoms with E-state index in [2.05, 4.69) is 139 Å². The number of fused-ring (bicyclic) bond motifs is 1. The van der Waals surface area contributed by atoms with E-state index in [9.17, 15) is 0 Å². The van der Waals surface area contributed by atoms with Crippen LogP contribution >= 0.6 is 7.41 Å². The largest absolute Gasteiger partial charge is 0.246 e. The van der Waals surface area contributed by atoms with Gasteiger partial charge < -0.3 is 0 Å². The summed E-state index contributed by atoms with van der Waals surface area (Å²) in [6, 6.07) is 47.7. The lowest BCUT2D eigenvalue weighted by Gasteiger charge is -2.29. The molecule has 1 nitrogen and oxygen atoms in total. The van der Waals surface area contributed by atoms with Gasteiger partial charge in [-0.3, -0.25) is 0 Å². The molecule has 0 atom stereocenters. The highest BCUT2D eigenvalue weighted by Crippen LogP contribution is 2.55. The van der Waals surface area contributed by atoms with E-state index >= 15 is 0 Å². The molecule has 0 fully saturated rings. The van der Waals surface area contributed by atoms with Crippen LogP contribution in [0.2, 0.25) is 0 Å². The molecule has 0 aliphatic heterocycles. The summed E-state index contributed by atoms with van der Waals surface area (Å²) in [4.78, 5) is 0. The highest BCUT2D eigenvalue weighted by atomic mass is 31.2. The van der Waals surface area contributed by atoms with Gasteiger partial charge in [0.05, 0.1) is 5.69 Å². The van der Waals surface area contributed by atoms with Crippen LogP contribution in [-0.2, 0) is 0 Å². The second kappa shape index (κ2) is 8.14. The topological polar surface area (TPSA) is 12.0 Å². The zero-order valence-electron chi connectivity index (χ0n) is 16.6. The van der Waals surface area contributed by atoms with Gasteiger partial charge in [0.15, 0.2) is 7.41 Å². The Morgan fingerprint density at radius 2 is 0.833 bits per heavy atom. The molecule has 0 aliphatic carbocycles. The van der Waals surface area contributed by atoms with Crippen LogP contribution in [0, 0.1) is 0 Å². The highest BCUT2D eigenvalue weighted by Gasteiger charge is 2.46. The fraction of sp³-hybridized carbons (Fsp3) is 0. The van der Waals surface area contributed by atoms with Crippen molar-refractivity contribution in [1.82, 2.24) is 0 Å². The lowest BCUT2D eigenvalue weighted by molar-refractivity contribution is 1.67. The first-order valence-corrected chi connectivity index (χ1v) is 12.0. The molecule has 5 rings (SSSR count). The summed E-state index contributed by atoms with van der Waals surface area (Å²) in [7, 11) is -2.13. The molecule has 0 unspecified atom stereocenters. The average molecular weight is 404 g/mol. The number of nitrogens with one attached hydrogen (secondary N) is 1. The summed E-state index contributed by atoms with van der Waals surface area (Å²) >= 11 is 0. The molecule has 30 heavy (non-hydrogen) atoms. The van der Waals surface area contributed by atoms with Crippen LogP contribution in [0.15, 0.2) is 133 Å². The summed E-state index contributed by atoms with van der Waals surface area (Å²) in [6.07, 6.45) is 0. The third-order valence-electron chi connectivity index (χ3n) is 5.51. The van der Waals surface area contributed by atoms with E-state index in [0.29, 0.717) is 0 Å². The molecule has 5 aromatic rings. The van der Waals surface area contributed by atoms with Gasteiger partial charge in [0.1, 0.15) is 15.9 Å². The predicted molar refractivity (Wildman–Crippen MR) is 133 cm³/mol. The van der Waals surface area contributed by atoms with Gasteiger partial charge in [-0.05, 0) is 47.9 Å². The lowest BCUT2D eigenvalue weighted by Crippen LogP contribution is -2.36. The standard InChI is InChI=1S/C28H23NP/c1-4-15-24(16-5-1)30(25-17-6-2-7-18-25,26-19-8-3-9-20-26)29-28-22-12-14-23-13-10-11-21-27(23)28/h1-22,29H/q+1. The number of hydrogen-bond donors (Lipinski definition) is 1. The van der Waals surface area contributed by atoms with E-state index in [1.165, 1.54) is 26.7 Å². The molecular formula is C28H23NP+. The third-order valence-corrected chi connectivity index (χ3v) is 9.30. The number of benzene rings is 5. The van der Waals surface area contributed by atoms with Crippen molar-refractivity contribution in [2.45, 2.75) is 0 Å². The van der Waals surface area contributed by atoms with Gasteiger partial charge in [-0.25, -0.2) is 5.09 Å². The van der Waals surface area contributed by atoms with Crippen molar-refractivity contribution >= 4 is 39.8 Å². The Morgan fingerprint density at radius 3 is 1.37 bits per heavy atom. The van der Waals surface area contributed by atoms with Gasteiger partial charge in [0.25, 0.3) is 0 Å². The molecule has 5 aromatic carbocycles. The van der Waals surface area contributed by atoms with E-state index in [4.69, 9.17) is 0 Å². The molecule has 0 saturated heterocycles. The zero-order chi connectivity index (χ0) is 20.2. The molecule has 0 aromatic heterocycles. The molecule has 144 valence electrons.